The van der Waals surface area contributed by atoms with Gasteiger partial charge in [0.2, 0.25) is 5.91 Å². The summed E-state index contributed by atoms with van der Waals surface area (Å²) in [5.41, 5.74) is 0.654. The lowest BCUT2D eigenvalue weighted by molar-refractivity contribution is -0.131. The average molecular weight is 218 g/mol. The van der Waals surface area contributed by atoms with Crippen molar-refractivity contribution in [3.05, 3.63) is 11.6 Å². The Morgan fingerprint density at radius 2 is 2.12 bits per heavy atom. The fourth-order valence-electron chi connectivity index (χ4n) is 2.19. The number of amides is 1. The fourth-order valence-corrected chi connectivity index (χ4v) is 2.19. The number of nitriles is 1. The van der Waals surface area contributed by atoms with E-state index in [0.717, 1.165) is 19.3 Å². The molecule has 0 N–H and O–H groups in total. The molecule has 0 aromatic rings. The summed E-state index contributed by atoms with van der Waals surface area (Å²) < 4.78 is 0. The smallest absolute Gasteiger partial charge is 0.247 e. The highest BCUT2D eigenvalue weighted by Gasteiger charge is 2.43. The predicted octanol–water partition coefficient (Wildman–Crippen LogP) is 2.25. The van der Waals surface area contributed by atoms with E-state index in [1.54, 1.807) is 18.0 Å². The lowest BCUT2D eigenvalue weighted by Gasteiger charge is -2.42. The lowest BCUT2D eigenvalue weighted by atomic mass is 9.76. The van der Waals surface area contributed by atoms with Gasteiger partial charge in [0.05, 0.1) is 6.07 Å². The maximum absolute atomic E-state index is 12.0. The molecule has 0 atom stereocenters. The molecule has 2 saturated carbocycles. The second-order valence-corrected chi connectivity index (χ2v) is 5.06. The highest BCUT2D eigenvalue weighted by Crippen LogP contribution is 2.38. The minimum absolute atomic E-state index is 0.00866. The first-order valence-electron chi connectivity index (χ1n) is 5.96. The summed E-state index contributed by atoms with van der Waals surface area (Å²) in [4.78, 5) is 13.6. The van der Waals surface area contributed by atoms with Crippen LogP contribution in [0, 0.1) is 17.2 Å². The van der Waals surface area contributed by atoms with Crippen molar-refractivity contribution >= 4 is 5.91 Å². The van der Waals surface area contributed by atoms with Gasteiger partial charge in [0, 0.05) is 13.1 Å². The Bertz CT molecular complexity index is 370. The first-order chi connectivity index (χ1) is 7.59. The number of nitrogens with zero attached hydrogens (tertiary/aromatic N) is 2. The second kappa shape index (κ2) is 3.93. The number of allylic oxidation sites excluding steroid dienone is 1. The number of likely N-dealkylation sites (N-methyl/N-ethyl adjacent to an activating group) is 1. The lowest BCUT2D eigenvalue weighted by Crippen LogP contribution is -2.52. The van der Waals surface area contributed by atoms with E-state index in [1.807, 2.05) is 6.92 Å². The van der Waals surface area contributed by atoms with E-state index in [2.05, 4.69) is 6.07 Å². The Balaban J connectivity index is 2.04. The molecule has 2 aliphatic rings. The Labute approximate surface area is 96.7 Å². The molecule has 86 valence electrons. The van der Waals surface area contributed by atoms with Crippen molar-refractivity contribution < 1.29 is 4.79 Å². The van der Waals surface area contributed by atoms with E-state index in [9.17, 15) is 4.79 Å². The summed E-state index contributed by atoms with van der Waals surface area (Å²) >= 11 is 0. The largest absolute Gasteiger partial charge is 0.323 e. The molecule has 0 bridgehead atoms. The third kappa shape index (κ3) is 1.84. The molecule has 0 aromatic heterocycles. The van der Waals surface area contributed by atoms with Crippen molar-refractivity contribution in [1.29, 1.82) is 5.26 Å². The van der Waals surface area contributed by atoms with Crippen LogP contribution in [-0.2, 0) is 4.79 Å². The zero-order valence-corrected chi connectivity index (χ0v) is 9.99. The molecule has 2 aliphatic carbocycles. The molecule has 0 radical (unpaired) electrons. The van der Waals surface area contributed by atoms with Gasteiger partial charge in [-0.2, -0.15) is 5.26 Å². The van der Waals surface area contributed by atoms with Crippen LogP contribution in [0.15, 0.2) is 11.6 Å². The highest BCUT2D eigenvalue weighted by molar-refractivity contribution is 5.89. The summed E-state index contributed by atoms with van der Waals surface area (Å²) in [5, 5.41) is 9.15. The molecule has 2 fully saturated rings. The Morgan fingerprint density at radius 3 is 2.50 bits per heavy atom. The van der Waals surface area contributed by atoms with Crippen molar-refractivity contribution in [2.75, 3.05) is 7.05 Å². The van der Waals surface area contributed by atoms with Crippen molar-refractivity contribution in [2.45, 2.75) is 44.6 Å². The molecule has 0 spiro atoms. The number of hydrogen-bond acceptors (Lipinski definition) is 2. The van der Waals surface area contributed by atoms with E-state index in [4.69, 9.17) is 5.26 Å². The fraction of sp³-hybridized carbons (Fsp3) is 0.692. The van der Waals surface area contributed by atoms with Gasteiger partial charge < -0.3 is 4.90 Å². The summed E-state index contributed by atoms with van der Waals surface area (Å²) in [5.74, 6) is 0.613. The molecule has 0 unspecified atom stereocenters. The van der Waals surface area contributed by atoms with Crippen molar-refractivity contribution in [2.24, 2.45) is 5.92 Å². The Morgan fingerprint density at radius 1 is 1.50 bits per heavy atom. The van der Waals surface area contributed by atoms with Crippen LogP contribution in [0.1, 0.15) is 39.0 Å². The first kappa shape index (κ1) is 11.2. The maximum Gasteiger partial charge on any atom is 0.247 e. The second-order valence-electron chi connectivity index (χ2n) is 5.06. The molecule has 2 rings (SSSR count). The van der Waals surface area contributed by atoms with Crippen LogP contribution in [0.3, 0.4) is 0 Å². The van der Waals surface area contributed by atoms with Crippen LogP contribution in [-0.4, -0.2) is 23.4 Å². The number of hydrogen-bond donors (Lipinski definition) is 0. The van der Waals surface area contributed by atoms with Crippen LogP contribution in [0.4, 0.5) is 0 Å². The Kier molecular flexibility index (Phi) is 2.75. The molecule has 0 saturated heterocycles. The molecule has 0 aliphatic heterocycles. The molecule has 3 nitrogen and oxygen atoms in total. The van der Waals surface area contributed by atoms with Gasteiger partial charge in [-0.15, -0.1) is 0 Å². The van der Waals surface area contributed by atoms with Crippen LogP contribution in [0.25, 0.3) is 0 Å². The van der Waals surface area contributed by atoms with E-state index < -0.39 is 5.54 Å². The monoisotopic (exact) mass is 218 g/mol. The molecule has 0 aromatic carbocycles. The molecular weight excluding hydrogens is 200 g/mol. The van der Waals surface area contributed by atoms with E-state index in [-0.39, 0.29) is 5.91 Å². The van der Waals surface area contributed by atoms with Crippen LogP contribution in [0.5, 0.6) is 0 Å². The van der Waals surface area contributed by atoms with Crippen molar-refractivity contribution in [3.63, 3.8) is 0 Å². The molecule has 16 heavy (non-hydrogen) atoms. The SMILES string of the molecule is C/C(=C\C(=O)N(C)C1(C#N)CCC1)C1CC1. The van der Waals surface area contributed by atoms with Crippen molar-refractivity contribution in [3.8, 4) is 6.07 Å². The molecular formula is C13H18N2O. The van der Waals surface area contributed by atoms with Crippen LogP contribution >= 0.6 is 0 Å². The van der Waals surface area contributed by atoms with E-state index in [0.29, 0.717) is 5.92 Å². The van der Waals surface area contributed by atoms with Gasteiger partial charge in [0.25, 0.3) is 0 Å². The standard InChI is InChI=1S/C13H18N2O/c1-10(11-4-5-11)8-12(16)15(2)13(9-14)6-3-7-13/h8,11H,3-7H2,1-2H3/b10-8+. The normalized spacial score (nSPS) is 23.2. The number of carbonyl (C=O) groups is 1. The molecule has 3 heteroatoms. The Hall–Kier alpha value is -1.30. The maximum atomic E-state index is 12.0. The topological polar surface area (TPSA) is 44.1 Å². The average Bonchev–Trinajstić information content (AvgIpc) is 2.99. The summed E-state index contributed by atoms with van der Waals surface area (Å²) in [6, 6.07) is 2.29. The first-order valence-corrected chi connectivity index (χ1v) is 5.96. The van der Waals surface area contributed by atoms with E-state index >= 15 is 0 Å². The number of rotatable bonds is 3. The van der Waals surface area contributed by atoms with Crippen LogP contribution in [0.2, 0.25) is 0 Å². The van der Waals surface area contributed by atoms with Crippen molar-refractivity contribution in [1.82, 2.24) is 4.90 Å². The van der Waals surface area contributed by atoms with Crippen LogP contribution < -0.4 is 0 Å². The van der Waals surface area contributed by atoms with Gasteiger partial charge in [0.15, 0.2) is 0 Å². The third-order valence-corrected chi connectivity index (χ3v) is 3.93. The summed E-state index contributed by atoms with van der Waals surface area (Å²) in [6.07, 6.45) is 6.83. The molecule has 0 heterocycles. The minimum atomic E-state index is -0.516. The van der Waals surface area contributed by atoms with Gasteiger partial charge in [-0.1, -0.05) is 5.57 Å². The van der Waals surface area contributed by atoms with Gasteiger partial charge >= 0.3 is 0 Å². The predicted molar refractivity (Wildman–Crippen MR) is 61.4 cm³/mol. The zero-order valence-electron chi connectivity index (χ0n) is 9.99. The highest BCUT2D eigenvalue weighted by atomic mass is 16.2. The minimum Gasteiger partial charge on any atom is -0.323 e. The number of carbonyl (C=O) groups excluding carboxylic acids is 1. The summed E-state index contributed by atoms with van der Waals surface area (Å²) in [7, 11) is 1.75. The summed E-state index contributed by atoms with van der Waals surface area (Å²) in [6.45, 7) is 2.02. The third-order valence-electron chi connectivity index (χ3n) is 3.93. The van der Waals surface area contributed by atoms with Gasteiger partial charge in [-0.3, -0.25) is 4.79 Å². The van der Waals surface area contributed by atoms with Gasteiger partial charge in [-0.05, 0) is 44.9 Å². The van der Waals surface area contributed by atoms with E-state index in [1.165, 1.54) is 18.4 Å². The zero-order chi connectivity index (χ0) is 11.8. The van der Waals surface area contributed by atoms with Gasteiger partial charge in [-0.25, -0.2) is 0 Å². The van der Waals surface area contributed by atoms with Gasteiger partial charge in [0.1, 0.15) is 5.54 Å². The molecule has 1 amide bonds. The quantitative estimate of drug-likeness (QED) is 0.682.